The van der Waals surface area contributed by atoms with Crippen LogP contribution < -0.4 is 5.69 Å². The van der Waals surface area contributed by atoms with Gasteiger partial charge < -0.3 is 19.4 Å². The van der Waals surface area contributed by atoms with Gasteiger partial charge in [-0.3, -0.25) is 4.57 Å². The number of fused-ring (bicyclic) bond motifs is 1. The lowest BCUT2D eigenvalue weighted by atomic mass is 10.2. The zero-order chi connectivity index (χ0) is 16.4. The second-order valence-corrected chi connectivity index (χ2v) is 5.98. The Hall–Kier alpha value is -1.70. The van der Waals surface area contributed by atoms with E-state index in [9.17, 15) is 9.90 Å². The van der Waals surface area contributed by atoms with E-state index < -0.39 is 24.1 Å². The van der Waals surface area contributed by atoms with E-state index in [0.29, 0.717) is 5.71 Å². The predicted molar refractivity (Wildman–Crippen MR) is 83.1 cm³/mol. The van der Waals surface area contributed by atoms with Gasteiger partial charge >= 0.3 is 5.69 Å². The zero-order valence-electron chi connectivity index (χ0n) is 13.1. The molecule has 1 fully saturated rings. The number of aliphatic hydroxyl groups excluding tert-OH is 2. The van der Waals surface area contributed by atoms with E-state index in [1.165, 1.54) is 4.57 Å². The van der Waals surface area contributed by atoms with Gasteiger partial charge in [-0.05, 0) is 12.5 Å². The molecule has 0 radical (unpaired) electrons. The predicted octanol–water partition coefficient (Wildman–Crippen LogP) is 1.36. The van der Waals surface area contributed by atoms with Crippen molar-refractivity contribution in [1.82, 2.24) is 9.55 Å². The molecule has 0 saturated carbocycles. The number of furan rings is 1. The molecule has 1 aliphatic rings. The highest BCUT2D eigenvalue weighted by Crippen LogP contribution is 2.28. The molecule has 3 heterocycles. The molecule has 3 atom stereocenters. The summed E-state index contributed by atoms with van der Waals surface area (Å²) in [6, 6.07) is 1.89. The summed E-state index contributed by atoms with van der Waals surface area (Å²) in [5, 5.41) is 19.7. The number of nitrogens with zero attached hydrogens (tertiary/aromatic N) is 2. The molecule has 0 unspecified atom stereocenters. The number of hydrogen-bond acceptors (Lipinski definition) is 6. The molecule has 1 aliphatic heterocycles. The maximum atomic E-state index is 12.2. The summed E-state index contributed by atoms with van der Waals surface area (Å²) in [5.74, 6) is 0.818. The van der Waals surface area contributed by atoms with E-state index in [1.54, 1.807) is 6.20 Å². The summed E-state index contributed by atoms with van der Waals surface area (Å²) >= 11 is 0. The van der Waals surface area contributed by atoms with E-state index in [2.05, 4.69) is 11.9 Å². The third kappa shape index (κ3) is 3.31. The van der Waals surface area contributed by atoms with Crippen LogP contribution in [-0.2, 0) is 11.2 Å². The van der Waals surface area contributed by atoms with Gasteiger partial charge in [-0.2, -0.15) is 4.98 Å². The van der Waals surface area contributed by atoms with Crippen molar-refractivity contribution in [3.63, 3.8) is 0 Å². The molecular formula is C16H22N2O5. The Balaban J connectivity index is 1.84. The summed E-state index contributed by atoms with van der Waals surface area (Å²) in [6.45, 7) is 1.86. The van der Waals surface area contributed by atoms with Crippen molar-refractivity contribution in [2.75, 3.05) is 6.61 Å². The van der Waals surface area contributed by atoms with E-state index in [-0.39, 0.29) is 13.0 Å². The summed E-state index contributed by atoms with van der Waals surface area (Å²) in [5.41, 5.74) is -0.155. The van der Waals surface area contributed by atoms with Crippen LogP contribution in [0.1, 0.15) is 44.6 Å². The molecule has 23 heavy (non-hydrogen) atoms. The van der Waals surface area contributed by atoms with Crippen molar-refractivity contribution in [1.29, 1.82) is 0 Å². The molecule has 126 valence electrons. The quantitative estimate of drug-likeness (QED) is 0.779. The van der Waals surface area contributed by atoms with Crippen molar-refractivity contribution < 1.29 is 19.4 Å². The molecule has 1 saturated heterocycles. The smallest absolute Gasteiger partial charge is 0.353 e. The first-order valence-corrected chi connectivity index (χ1v) is 8.08. The number of aryl methyl sites for hydroxylation is 1. The molecule has 7 heteroatoms. The van der Waals surface area contributed by atoms with Crippen molar-refractivity contribution in [3.05, 3.63) is 28.5 Å². The minimum atomic E-state index is -0.790. The van der Waals surface area contributed by atoms with Gasteiger partial charge in [0.05, 0.1) is 18.1 Å². The van der Waals surface area contributed by atoms with Crippen LogP contribution in [0.3, 0.4) is 0 Å². The summed E-state index contributed by atoms with van der Waals surface area (Å²) in [7, 11) is 0. The Bertz CT molecular complexity index is 723. The Morgan fingerprint density at radius 3 is 2.96 bits per heavy atom. The van der Waals surface area contributed by atoms with E-state index in [1.807, 2.05) is 6.07 Å². The lowest BCUT2D eigenvalue weighted by Gasteiger charge is -2.13. The first-order chi connectivity index (χ1) is 11.1. The number of ether oxygens (including phenoxy) is 1. The van der Waals surface area contributed by atoms with Gasteiger partial charge in [-0.25, -0.2) is 4.79 Å². The first-order valence-electron chi connectivity index (χ1n) is 8.08. The number of rotatable bonds is 6. The Kier molecular flexibility index (Phi) is 4.79. The van der Waals surface area contributed by atoms with Crippen molar-refractivity contribution >= 4 is 11.1 Å². The minimum absolute atomic E-state index is 0.250. The monoisotopic (exact) mass is 322 g/mol. The summed E-state index contributed by atoms with van der Waals surface area (Å²) in [6.07, 6.45) is 3.95. The number of aromatic nitrogens is 2. The SMILES string of the molecule is CCCCCc1cc2cn([C@H]3C[C@H](O)[C@@H](CO)O3)c(=O)nc2o1. The highest BCUT2D eigenvalue weighted by atomic mass is 16.5. The fraction of sp³-hybridized carbons (Fsp3) is 0.625. The zero-order valence-corrected chi connectivity index (χ0v) is 13.1. The average Bonchev–Trinajstić information content (AvgIpc) is 3.09. The minimum Gasteiger partial charge on any atom is -0.443 e. The van der Waals surface area contributed by atoms with Crippen LogP contribution in [0.15, 0.2) is 21.5 Å². The highest BCUT2D eigenvalue weighted by molar-refractivity contribution is 5.72. The van der Waals surface area contributed by atoms with E-state index in [4.69, 9.17) is 14.3 Å². The largest absolute Gasteiger partial charge is 0.443 e. The van der Waals surface area contributed by atoms with Crippen LogP contribution in [0, 0.1) is 0 Å². The molecule has 7 nitrogen and oxygen atoms in total. The van der Waals surface area contributed by atoms with Crippen LogP contribution in [0.2, 0.25) is 0 Å². The molecule has 2 aromatic rings. The van der Waals surface area contributed by atoms with Crippen LogP contribution in [0.25, 0.3) is 11.1 Å². The fourth-order valence-corrected chi connectivity index (χ4v) is 2.91. The van der Waals surface area contributed by atoms with Gasteiger partial charge in [-0.15, -0.1) is 0 Å². The Labute approximate surface area is 133 Å². The Morgan fingerprint density at radius 2 is 2.26 bits per heavy atom. The van der Waals surface area contributed by atoms with Crippen LogP contribution in [0.5, 0.6) is 0 Å². The first kappa shape index (κ1) is 16.2. The number of unbranched alkanes of at least 4 members (excludes halogenated alkanes) is 2. The van der Waals surface area contributed by atoms with Crippen molar-refractivity contribution in [2.24, 2.45) is 0 Å². The van der Waals surface area contributed by atoms with E-state index >= 15 is 0 Å². The number of aliphatic hydroxyl groups is 2. The number of hydrogen-bond donors (Lipinski definition) is 2. The van der Waals surface area contributed by atoms with Crippen molar-refractivity contribution in [3.8, 4) is 0 Å². The van der Waals surface area contributed by atoms with Gasteiger partial charge in [0, 0.05) is 19.0 Å². The highest BCUT2D eigenvalue weighted by Gasteiger charge is 2.35. The maximum absolute atomic E-state index is 12.2. The van der Waals surface area contributed by atoms with Gasteiger partial charge in [-0.1, -0.05) is 19.8 Å². The molecule has 0 bridgehead atoms. The fourth-order valence-electron chi connectivity index (χ4n) is 2.91. The third-order valence-electron chi connectivity index (χ3n) is 4.21. The summed E-state index contributed by atoms with van der Waals surface area (Å²) < 4.78 is 12.5. The lowest BCUT2D eigenvalue weighted by molar-refractivity contribution is -0.0457. The second-order valence-electron chi connectivity index (χ2n) is 5.98. The molecule has 0 spiro atoms. The molecule has 0 amide bonds. The maximum Gasteiger partial charge on any atom is 0.353 e. The summed E-state index contributed by atoms with van der Waals surface area (Å²) in [4.78, 5) is 16.1. The van der Waals surface area contributed by atoms with Crippen molar-refractivity contribution in [2.45, 2.75) is 57.5 Å². The van der Waals surface area contributed by atoms with Crippen LogP contribution >= 0.6 is 0 Å². The molecule has 2 aromatic heterocycles. The molecule has 2 N–H and O–H groups in total. The Morgan fingerprint density at radius 1 is 1.43 bits per heavy atom. The van der Waals surface area contributed by atoms with E-state index in [0.717, 1.165) is 36.8 Å². The molecule has 3 rings (SSSR count). The third-order valence-corrected chi connectivity index (χ3v) is 4.21. The molecule has 0 aliphatic carbocycles. The van der Waals surface area contributed by atoms with Gasteiger partial charge in [0.1, 0.15) is 18.1 Å². The average molecular weight is 322 g/mol. The van der Waals surface area contributed by atoms with Crippen LogP contribution in [0.4, 0.5) is 0 Å². The van der Waals surface area contributed by atoms with Gasteiger partial charge in [0.15, 0.2) is 0 Å². The van der Waals surface area contributed by atoms with Gasteiger partial charge in [0.2, 0.25) is 5.71 Å². The normalized spacial score (nSPS) is 24.6. The van der Waals surface area contributed by atoms with Crippen LogP contribution in [-0.4, -0.2) is 38.6 Å². The van der Waals surface area contributed by atoms with Gasteiger partial charge in [0.25, 0.3) is 0 Å². The standard InChI is InChI=1S/C16H22N2O5/c1-2-3-4-5-11-6-10-8-18(16(21)17-15(10)22-11)14-7-12(20)13(9-19)23-14/h6,8,12-14,19-20H,2-5,7,9H2,1H3/t12-,13+,14+/m0/s1. The lowest BCUT2D eigenvalue weighted by Crippen LogP contribution is -2.27. The second kappa shape index (κ2) is 6.82. The topological polar surface area (TPSA) is 97.7 Å². The molecule has 0 aromatic carbocycles. The molecular weight excluding hydrogens is 300 g/mol.